The van der Waals surface area contributed by atoms with Gasteiger partial charge in [-0.3, -0.25) is 10.1 Å². The third kappa shape index (κ3) is 3.92. The smallest absolute Gasteiger partial charge is 0.370 e. The SMILES string of the molecule is COC(=O)[C@]1(C)[NH2+][C@@H](c2ccc(OC)cc2)[C@@]2([N+](=O)[O-])c3ccccc3N(S(=O)(=O)c3ccc(C)cc3)[C@H]21.[Br-]. The molecular weight excluding hydrogens is 590 g/mol. The van der Waals surface area contributed by atoms with E-state index in [0.29, 0.717) is 11.3 Å². The highest BCUT2D eigenvalue weighted by Gasteiger charge is 2.83. The summed E-state index contributed by atoms with van der Waals surface area (Å²) in [5.41, 5.74) is -1.88. The van der Waals surface area contributed by atoms with Gasteiger partial charge in [0.1, 0.15) is 5.75 Å². The lowest BCUT2D eigenvalue weighted by atomic mass is 9.76. The van der Waals surface area contributed by atoms with E-state index in [4.69, 9.17) is 9.47 Å². The Balaban J connectivity index is 0.00000353. The van der Waals surface area contributed by atoms with Crippen molar-refractivity contribution >= 4 is 21.7 Å². The number of nitrogens with two attached hydrogens (primary N) is 1. The molecule has 5 rings (SSSR count). The van der Waals surface area contributed by atoms with Crippen LogP contribution in [-0.4, -0.2) is 45.1 Å². The molecule has 3 aromatic carbocycles. The zero-order valence-corrected chi connectivity index (χ0v) is 24.1. The maximum atomic E-state index is 14.3. The number of benzene rings is 3. The first kappa shape index (κ1) is 28.5. The fraction of sp³-hybridized carbons (Fsp3) is 0.296. The molecule has 0 spiro atoms. The number of methoxy groups -OCH3 is 2. The van der Waals surface area contributed by atoms with Crippen LogP contribution in [0.2, 0.25) is 0 Å². The Kier molecular flexibility index (Phi) is 7.26. The van der Waals surface area contributed by atoms with E-state index >= 15 is 0 Å². The number of ether oxygens (including phenoxy) is 2. The Morgan fingerprint density at radius 3 is 2.21 bits per heavy atom. The number of aryl methyl sites for hydroxylation is 1. The average Bonchev–Trinajstić information content (AvgIpc) is 3.39. The van der Waals surface area contributed by atoms with Gasteiger partial charge in [0.2, 0.25) is 5.54 Å². The molecule has 1 fully saturated rings. The van der Waals surface area contributed by atoms with Crippen molar-refractivity contribution in [2.24, 2.45) is 0 Å². The van der Waals surface area contributed by atoms with Crippen molar-refractivity contribution in [3.63, 3.8) is 0 Å². The lowest BCUT2D eigenvalue weighted by Crippen LogP contribution is -3.00. The highest BCUT2D eigenvalue weighted by Crippen LogP contribution is 2.58. The monoisotopic (exact) mass is 617 g/mol. The predicted octanol–water partition coefficient (Wildman–Crippen LogP) is -0.693. The number of halogens is 1. The van der Waals surface area contributed by atoms with Gasteiger partial charge in [0.25, 0.3) is 10.0 Å². The Morgan fingerprint density at radius 2 is 1.64 bits per heavy atom. The van der Waals surface area contributed by atoms with Gasteiger partial charge in [-0.1, -0.05) is 29.8 Å². The molecule has 39 heavy (non-hydrogen) atoms. The lowest BCUT2D eigenvalue weighted by Gasteiger charge is -2.32. The summed E-state index contributed by atoms with van der Waals surface area (Å²) < 4.78 is 40.0. The van der Waals surface area contributed by atoms with Gasteiger partial charge in [-0.05, 0) is 55.5 Å². The second-order valence-electron chi connectivity index (χ2n) is 9.81. The summed E-state index contributed by atoms with van der Waals surface area (Å²) in [7, 11) is -1.64. The molecule has 0 amide bonds. The van der Waals surface area contributed by atoms with Crippen LogP contribution in [0.5, 0.6) is 5.75 Å². The number of hydrogen-bond acceptors (Lipinski definition) is 7. The van der Waals surface area contributed by atoms with E-state index in [0.717, 1.165) is 9.87 Å². The van der Waals surface area contributed by atoms with Crippen LogP contribution in [-0.2, 0) is 25.1 Å². The van der Waals surface area contributed by atoms with Crippen molar-refractivity contribution in [1.82, 2.24) is 0 Å². The van der Waals surface area contributed by atoms with E-state index in [-0.39, 0.29) is 33.1 Å². The number of quaternary nitrogens is 1. The molecule has 2 N–H and O–H groups in total. The molecule has 4 atom stereocenters. The van der Waals surface area contributed by atoms with Crippen LogP contribution in [0.1, 0.15) is 29.7 Å². The van der Waals surface area contributed by atoms with Gasteiger partial charge < -0.3 is 31.8 Å². The standard InChI is InChI=1S/C27H27N3O7S.BrH/c1-17-9-15-20(16-10-17)38(34,35)29-22-8-6-5-7-21(22)27(30(32)33)23(18-11-13-19(36-3)14-12-18)28-26(2,24(27)29)25(31)37-4;/h5-16,23-24,28H,1-4H3;1H/t23-,24-,26+,27-;/m0./s1. The summed E-state index contributed by atoms with van der Waals surface area (Å²) in [4.78, 5) is 26.2. The summed E-state index contributed by atoms with van der Waals surface area (Å²) in [6.07, 6.45) is 0. The van der Waals surface area contributed by atoms with Crippen molar-refractivity contribution in [3.05, 3.63) is 99.6 Å². The van der Waals surface area contributed by atoms with Gasteiger partial charge in [0.05, 0.1) is 30.4 Å². The minimum Gasteiger partial charge on any atom is -1.00 e. The molecule has 2 aliphatic heterocycles. The molecule has 12 heteroatoms. The third-order valence-electron chi connectivity index (χ3n) is 7.76. The molecule has 0 saturated carbocycles. The van der Waals surface area contributed by atoms with Crippen LogP contribution in [0.4, 0.5) is 5.69 Å². The second-order valence-corrected chi connectivity index (χ2v) is 11.6. The first-order valence-corrected chi connectivity index (χ1v) is 13.4. The third-order valence-corrected chi connectivity index (χ3v) is 9.55. The summed E-state index contributed by atoms with van der Waals surface area (Å²) in [6.45, 7) is 3.34. The van der Waals surface area contributed by atoms with E-state index in [9.17, 15) is 23.3 Å². The van der Waals surface area contributed by atoms with Gasteiger partial charge in [-0.15, -0.1) is 0 Å². The van der Waals surface area contributed by atoms with Crippen molar-refractivity contribution in [2.75, 3.05) is 18.5 Å². The Morgan fingerprint density at radius 1 is 1.03 bits per heavy atom. The number of anilines is 1. The number of sulfonamides is 1. The highest BCUT2D eigenvalue weighted by molar-refractivity contribution is 7.93. The van der Waals surface area contributed by atoms with Crippen LogP contribution >= 0.6 is 0 Å². The quantitative estimate of drug-likeness (QED) is 0.220. The molecule has 206 valence electrons. The minimum absolute atomic E-state index is 0. The van der Waals surface area contributed by atoms with E-state index < -0.39 is 44.1 Å². The first-order chi connectivity index (χ1) is 18.0. The van der Waals surface area contributed by atoms with E-state index in [1.807, 2.05) is 6.92 Å². The largest absolute Gasteiger partial charge is 1.00 e. The maximum Gasteiger partial charge on any atom is 0.370 e. The summed E-state index contributed by atoms with van der Waals surface area (Å²) in [5, 5.41) is 14.9. The molecular formula is C27H28BrN3O7S. The Bertz CT molecular complexity index is 1530. The molecule has 0 radical (unpaired) electrons. The van der Waals surface area contributed by atoms with Crippen LogP contribution < -0.4 is 31.3 Å². The fourth-order valence-electron chi connectivity index (χ4n) is 6.04. The maximum absolute atomic E-state index is 14.3. The number of para-hydroxylation sites is 1. The average molecular weight is 619 g/mol. The van der Waals surface area contributed by atoms with Crippen molar-refractivity contribution in [1.29, 1.82) is 0 Å². The molecule has 3 aromatic rings. The normalized spacial score (nSPS) is 25.3. The zero-order valence-electron chi connectivity index (χ0n) is 21.7. The van der Waals surface area contributed by atoms with Crippen molar-refractivity contribution in [2.45, 2.75) is 41.9 Å². The molecule has 0 unspecified atom stereocenters. The first-order valence-electron chi connectivity index (χ1n) is 12.0. The number of carbonyl (C=O) groups excluding carboxylic acids is 1. The number of hydrogen-bond donors (Lipinski definition) is 1. The minimum atomic E-state index is -4.34. The zero-order chi connectivity index (χ0) is 27.5. The highest BCUT2D eigenvalue weighted by atomic mass is 79.9. The van der Waals surface area contributed by atoms with Gasteiger partial charge >= 0.3 is 11.5 Å². The van der Waals surface area contributed by atoms with Crippen LogP contribution in [0.25, 0.3) is 0 Å². The molecule has 0 aliphatic carbocycles. The van der Waals surface area contributed by atoms with Gasteiger partial charge in [0, 0.05) is 17.4 Å². The summed E-state index contributed by atoms with van der Waals surface area (Å²) in [5.74, 6) is -0.203. The Labute approximate surface area is 236 Å². The summed E-state index contributed by atoms with van der Waals surface area (Å²) in [6, 6.07) is 17.0. The molecule has 2 heterocycles. The number of nitrogens with zero attached hydrogens (tertiary/aromatic N) is 2. The van der Waals surface area contributed by atoms with E-state index in [2.05, 4.69) is 0 Å². The van der Waals surface area contributed by atoms with E-state index in [1.54, 1.807) is 66.0 Å². The predicted molar refractivity (Wildman–Crippen MR) is 138 cm³/mol. The molecule has 0 bridgehead atoms. The van der Waals surface area contributed by atoms with Crippen molar-refractivity contribution in [3.8, 4) is 5.75 Å². The lowest BCUT2D eigenvalue weighted by molar-refractivity contribution is -0.753. The van der Waals surface area contributed by atoms with Crippen LogP contribution in [0, 0.1) is 17.0 Å². The van der Waals surface area contributed by atoms with Gasteiger partial charge in [-0.2, -0.15) is 0 Å². The van der Waals surface area contributed by atoms with Crippen molar-refractivity contribution < 1.29 is 49.9 Å². The summed E-state index contributed by atoms with van der Waals surface area (Å²) >= 11 is 0. The second kappa shape index (κ2) is 9.92. The molecule has 2 aliphatic rings. The number of esters is 1. The number of nitro groups is 1. The molecule has 1 saturated heterocycles. The number of carbonyl (C=O) groups is 1. The fourth-order valence-corrected chi connectivity index (χ4v) is 7.82. The molecule has 10 nitrogen and oxygen atoms in total. The number of fused-ring (bicyclic) bond motifs is 3. The van der Waals surface area contributed by atoms with Gasteiger partial charge in [-0.25, -0.2) is 17.5 Å². The van der Waals surface area contributed by atoms with Crippen LogP contribution in [0.3, 0.4) is 0 Å². The van der Waals surface area contributed by atoms with Gasteiger partial charge in [0.15, 0.2) is 12.1 Å². The van der Waals surface area contributed by atoms with E-state index in [1.165, 1.54) is 33.3 Å². The number of rotatable bonds is 6. The molecule has 0 aromatic heterocycles. The topological polar surface area (TPSA) is 133 Å². The van der Waals surface area contributed by atoms with Crippen LogP contribution in [0.15, 0.2) is 77.7 Å². The Hall–Kier alpha value is -3.48.